The molecular formula is C24H22N2O5. The van der Waals surface area contributed by atoms with Crippen molar-refractivity contribution in [2.45, 2.75) is 39.2 Å². The molecule has 0 fully saturated rings. The van der Waals surface area contributed by atoms with Gasteiger partial charge in [0, 0.05) is 29.1 Å². The molecule has 0 amide bonds. The lowest BCUT2D eigenvalue weighted by molar-refractivity contribution is -0.147. The molecule has 0 radical (unpaired) electrons. The monoisotopic (exact) mass is 418 g/mol. The molecule has 0 spiro atoms. The maximum atomic E-state index is 12.3. The second kappa shape index (κ2) is 7.91. The van der Waals surface area contributed by atoms with Gasteiger partial charge in [-0.3, -0.25) is 9.20 Å². The molecule has 0 saturated carbocycles. The third-order valence-corrected chi connectivity index (χ3v) is 5.60. The van der Waals surface area contributed by atoms with Crippen LogP contribution >= 0.6 is 0 Å². The number of hydrogen-bond donors (Lipinski definition) is 0. The Labute approximate surface area is 178 Å². The van der Waals surface area contributed by atoms with Crippen LogP contribution in [0.15, 0.2) is 51.7 Å². The van der Waals surface area contributed by atoms with Gasteiger partial charge in [-0.15, -0.1) is 0 Å². The van der Waals surface area contributed by atoms with Gasteiger partial charge in [-0.2, -0.15) is 0 Å². The SMILES string of the molecule is Cc1cccc2nc(COC(=O)COc3ccc4oc5c(c4c3)CCCC5)cc(=O)n12. The number of carbonyl (C=O) groups is 1. The van der Waals surface area contributed by atoms with E-state index in [1.54, 1.807) is 12.1 Å². The van der Waals surface area contributed by atoms with Crippen LogP contribution in [0.2, 0.25) is 0 Å². The zero-order chi connectivity index (χ0) is 21.4. The molecule has 0 atom stereocenters. The molecule has 0 bridgehead atoms. The second-order valence-corrected chi connectivity index (χ2v) is 7.76. The topological polar surface area (TPSA) is 83.0 Å². The Morgan fingerprint density at radius 3 is 2.94 bits per heavy atom. The van der Waals surface area contributed by atoms with Crippen molar-refractivity contribution in [3.8, 4) is 5.75 Å². The summed E-state index contributed by atoms with van der Waals surface area (Å²) in [7, 11) is 0. The first-order chi connectivity index (χ1) is 15.1. The van der Waals surface area contributed by atoms with Gasteiger partial charge in [-0.05, 0) is 56.5 Å². The molecule has 7 heteroatoms. The molecule has 0 unspecified atom stereocenters. The molecule has 3 aromatic heterocycles. The predicted molar refractivity (Wildman–Crippen MR) is 114 cm³/mol. The fourth-order valence-electron chi connectivity index (χ4n) is 4.11. The summed E-state index contributed by atoms with van der Waals surface area (Å²) in [5.74, 6) is 1.13. The molecule has 0 N–H and O–H groups in total. The van der Waals surface area contributed by atoms with Crippen LogP contribution in [0.1, 0.15) is 35.6 Å². The summed E-state index contributed by atoms with van der Waals surface area (Å²) >= 11 is 0. The number of furan rings is 1. The first-order valence-electron chi connectivity index (χ1n) is 10.4. The number of esters is 1. The van der Waals surface area contributed by atoms with Gasteiger partial charge in [0.1, 0.15) is 29.3 Å². The van der Waals surface area contributed by atoms with Crippen LogP contribution < -0.4 is 10.3 Å². The largest absolute Gasteiger partial charge is 0.482 e. The molecule has 4 aromatic rings. The normalized spacial score (nSPS) is 13.3. The Kier molecular flexibility index (Phi) is 4.94. The highest BCUT2D eigenvalue weighted by Gasteiger charge is 2.18. The van der Waals surface area contributed by atoms with Crippen molar-refractivity contribution in [1.29, 1.82) is 0 Å². The predicted octanol–water partition coefficient (Wildman–Crippen LogP) is 3.75. The third-order valence-electron chi connectivity index (χ3n) is 5.60. The molecule has 0 saturated heterocycles. The second-order valence-electron chi connectivity index (χ2n) is 7.76. The van der Waals surface area contributed by atoms with Crippen LogP contribution in [0, 0.1) is 6.92 Å². The molecule has 1 aromatic carbocycles. The average Bonchev–Trinajstić information content (AvgIpc) is 3.14. The molecule has 0 aliphatic heterocycles. The number of pyridine rings is 1. The van der Waals surface area contributed by atoms with E-state index < -0.39 is 5.97 Å². The molecule has 31 heavy (non-hydrogen) atoms. The van der Waals surface area contributed by atoms with E-state index in [2.05, 4.69) is 4.98 Å². The Morgan fingerprint density at radius 2 is 2.03 bits per heavy atom. The maximum absolute atomic E-state index is 12.3. The van der Waals surface area contributed by atoms with E-state index in [-0.39, 0.29) is 18.8 Å². The zero-order valence-electron chi connectivity index (χ0n) is 17.2. The van der Waals surface area contributed by atoms with Crippen LogP contribution in [0.3, 0.4) is 0 Å². The Bertz CT molecular complexity index is 1350. The fraction of sp³-hybridized carbons (Fsp3) is 0.292. The van der Waals surface area contributed by atoms with E-state index in [1.807, 2.05) is 31.2 Å². The smallest absolute Gasteiger partial charge is 0.344 e. The minimum absolute atomic E-state index is 0.0872. The molecule has 5 rings (SSSR count). The van der Waals surface area contributed by atoms with E-state index in [4.69, 9.17) is 13.9 Å². The highest BCUT2D eigenvalue weighted by atomic mass is 16.6. The van der Waals surface area contributed by atoms with Crippen molar-refractivity contribution in [3.05, 3.63) is 75.5 Å². The number of fused-ring (bicyclic) bond motifs is 4. The standard InChI is InChI=1S/C24H22N2O5/c1-15-5-4-8-22-25-16(11-23(27)26(15)22)13-30-24(28)14-29-17-9-10-21-19(12-17)18-6-2-3-7-20(18)31-21/h4-5,8-12H,2-3,6-7,13-14H2,1H3. The van der Waals surface area contributed by atoms with Crippen LogP contribution in [0.4, 0.5) is 0 Å². The highest BCUT2D eigenvalue weighted by Crippen LogP contribution is 2.33. The summed E-state index contributed by atoms with van der Waals surface area (Å²) in [5, 5.41) is 1.05. The summed E-state index contributed by atoms with van der Waals surface area (Å²) in [5.41, 5.74) is 3.61. The van der Waals surface area contributed by atoms with Gasteiger partial charge in [0.25, 0.3) is 5.56 Å². The van der Waals surface area contributed by atoms with Crippen LogP contribution in [-0.4, -0.2) is 22.0 Å². The number of carbonyl (C=O) groups excluding carboxylic acids is 1. The van der Waals surface area contributed by atoms with Crippen molar-refractivity contribution in [2.24, 2.45) is 0 Å². The summed E-state index contributed by atoms with van der Waals surface area (Å²) in [6, 6.07) is 12.4. The molecular weight excluding hydrogens is 396 g/mol. The minimum atomic E-state index is -0.527. The number of aryl methyl sites for hydroxylation is 3. The number of benzene rings is 1. The van der Waals surface area contributed by atoms with E-state index >= 15 is 0 Å². The van der Waals surface area contributed by atoms with Gasteiger partial charge in [-0.1, -0.05) is 6.07 Å². The van der Waals surface area contributed by atoms with E-state index in [0.29, 0.717) is 17.1 Å². The summed E-state index contributed by atoms with van der Waals surface area (Å²) in [6.45, 7) is 1.52. The van der Waals surface area contributed by atoms with Crippen LogP contribution in [0.5, 0.6) is 5.75 Å². The Morgan fingerprint density at radius 1 is 1.16 bits per heavy atom. The zero-order valence-corrected chi connectivity index (χ0v) is 17.2. The maximum Gasteiger partial charge on any atom is 0.344 e. The summed E-state index contributed by atoms with van der Waals surface area (Å²) in [4.78, 5) is 28.9. The van der Waals surface area contributed by atoms with E-state index in [0.717, 1.165) is 48.1 Å². The first-order valence-corrected chi connectivity index (χ1v) is 10.4. The van der Waals surface area contributed by atoms with Gasteiger partial charge in [0.15, 0.2) is 6.61 Å². The highest BCUT2D eigenvalue weighted by molar-refractivity contribution is 5.84. The lowest BCUT2D eigenvalue weighted by atomic mass is 9.96. The van der Waals surface area contributed by atoms with E-state index in [1.165, 1.54) is 16.0 Å². The third kappa shape index (κ3) is 3.79. The van der Waals surface area contributed by atoms with Gasteiger partial charge in [0.2, 0.25) is 0 Å². The number of rotatable bonds is 5. The number of aromatic nitrogens is 2. The average molecular weight is 418 g/mol. The lowest BCUT2D eigenvalue weighted by Crippen LogP contribution is -2.19. The van der Waals surface area contributed by atoms with Crippen molar-refractivity contribution >= 4 is 22.6 Å². The lowest BCUT2D eigenvalue weighted by Gasteiger charge is -2.09. The molecule has 3 heterocycles. The van der Waals surface area contributed by atoms with Gasteiger partial charge < -0.3 is 13.9 Å². The van der Waals surface area contributed by atoms with Crippen molar-refractivity contribution in [1.82, 2.24) is 9.38 Å². The van der Waals surface area contributed by atoms with E-state index in [9.17, 15) is 9.59 Å². The number of nitrogens with zero attached hydrogens (tertiary/aromatic N) is 2. The summed E-state index contributed by atoms with van der Waals surface area (Å²) in [6.07, 6.45) is 4.29. The van der Waals surface area contributed by atoms with Gasteiger partial charge in [-0.25, -0.2) is 9.78 Å². The van der Waals surface area contributed by atoms with Crippen LogP contribution in [0.25, 0.3) is 16.6 Å². The van der Waals surface area contributed by atoms with Crippen molar-refractivity contribution in [2.75, 3.05) is 6.61 Å². The molecule has 7 nitrogen and oxygen atoms in total. The van der Waals surface area contributed by atoms with Gasteiger partial charge >= 0.3 is 5.97 Å². The fourth-order valence-corrected chi connectivity index (χ4v) is 4.11. The number of hydrogen-bond acceptors (Lipinski definition) is 6. The summed E-state index contributed by atoms with van der Waals surface area (Å²) < 4.78 is 18.3. The Hall–Kier alpha value is -3.61. The first kappa shape index (κ1) is 19.4. The minimum Gasteiger partial charge on any atom is -0.482 e. The quantitative estimate of drug-likeness (QED) is 0.459. The molecule has 1 aliphatic rings. The van der Waals surface area contributed by atoms with Crippen LogP contribution in [-0.2, 0) is 29.0 Å². The van der Waals surface area contributed by atoms with Crippen molar-refractivity contribution < 1.29 is 18.7 Å². The molecule has 158 valence electrons. The molecule has 1 aliphatic carbocycles. The Balaban J connectivity index is 1.23. The van der Waals surface area contributed by atoms with Gasteiger partial charge in [0.05, 0.1) is 5.69 Å². The van der Waals surface area contributed by atoms with Crippen molar-refractivity contribution in [3.63, 3.8) is 0 Å². The number of ether oxygens (including phenoxy) is 2.